The van der Waals surface area contributed by atoms with Crippen molar-refractivity contribution < 1.29 is 5.11 Å². The Bertz CT molecular complexity index is 540. The molecule has 0 fully saturated rings. The predicted molar refractivity (Wildman–Crippen MR) is 74.7 cm³/mol. The zero-order valence-corrected chi connectivity index (χ0v) is 11.5. The van der Waals surface area contributed by atoms with E-state index < -0.39 is 0 Å². The van der Waals surface area contributed by atoms with Gasteiger partial charge in [0.2, 0.25) is 0 Å². The van der Waals surface area contributed by atoms with Gasteiger partial charge in [-0.3, -0.25) is 4.98 Å². The fraction of sp³-hybridized carbons (Fsp3) is 0.400. The Balaban J connectivity index is 2.45. The maximum absolute atomic E-state index is 9.51. The van der Waals surface area contributed by atoms with Crippen LogP contribution < -0.4 is 0 Å². The Kier molecular flexibility index (Phi) is 4.22. The number of rotatable bonds is 4. The molecule has 0 radical (unpaired) electrons. The van der Waals surface area contributed by atoms with Gasteiger partial charge in [-0.1, -0.05) is 19.9 Å². The molecule has 0 amide bonds. The van der Waals surface area contributed by atoms with Gasteiger partial charge in [0.05, 0.1) is 18.0 Å². The Morgan fingerprint density at radius 1 is 1.16 bits per heavy atom. The van der Waals surface area contributed by atoms with Crippen LogP contribution in [-0.2, 0) is 0 Å². The van der Waals surface area contributed by atoms with E-state index in [0.717, 1.165) is 17.1 Å². The molecule has 19 heavy (non-hydrogen) atoms. The number of hydrogen-bond donors (Lipinski definition) is 1. The highest BCUT2D eigenvalue weighted by Gasteiger charge is 2.19. The second-order valence-electron chi connectivity index (χ2n) is 5.00. The average Bonchev–Trinajstić information content (AvgIpc) is 2.39. The van der Waals surface area contributed by atoms with E-state index in [4.69, 9.17) is 0 Å². The molecular weight excluding hydrogens is 238 g/mol. The maximum Gasteiger partial charge on any atom is 0.134 e. The van der Waals surface area contributed by atoms with Crippen molar-refractivity contribution in [2.45, 2.75) is 26.7 Å². The van der Waals surface area contributed by atoms with Crippen LogP contribution in [0.15, 0.2) is 30.5 Å². The summed E-state index contributed by atoms with van der Waals surface area (Å²) in [7, 11) is 0. The number of aliphatic hydroxyl groups excluding tert-OH is 1. The Morgan fingerprint density at radius 2 is 1.95 bits per heavy atom. The Hall–Kier alpha value is -1.81. The molecule has 0 aliphatic carbocycles. The zero-order chi connectivity index (χ0) is 13.8. The van der Waals surface area contributed by atoms with Gasteiger partial charge in [-0.25, -0.2) is 9.97 Å². The monoisotopic (exact) mass is 257 g/mol. The zero-order valence-electron chi connectivity index (χ0n) is 11.5. The summed E-state index contributed by atoms with van der Waals surface area (Å²) in [6.07, 6.45) is 1.75. The van der Waals surface area contributed by atoms with E-state index in [2.05, 4.69) is 28.8 Å². The van der Waals surface area contributed by atoms with E-state index in [1.54, 1.807) is 6.20 Å². The molecule has 0 bridgehead atoms. The maximum atomic E-state index is 9.51. The molecule has 2 aromatic heterocycles. The normalized spacial score (nSPS) is 12.7. The molecule has 0 aliphatic rings. The minimum Gasteiger partial charge on any atom is -0.396 e. The highest BCUT2D eigenvalue weighted by atomic mass is 16.3. The summed E-state index contributed by atoms with van der Waals surface area (Å²) in [6, 6.07) is 7.66. The van der Waals surface area contributed by atoms with Crippen LogP contribution in [0.1, 0.15) is 31.3 Å². The van der Waals surface area contributed by atoms with Crippen LogP contribution in [0.4, 0.5) is 0 Å². The second-order valence-corrected chi connectivity index (χ2v) is 5.00. The number of aryl methyl sites for hydroxylation is 1. The number of aromatic nitrogens is 3. The summed E-state index contributed by atoms with van der Waals surface area (Å²) in [4.78, 5) is 13.3. The molecule has 0 saturated carbocycles. The topological polar surface area (TPSA) is 58.9 Å². The van der Waals surface area contributed by atoms with Crippen LogP contribution in [0.3, 0.4) is 0 Å². The number of hydrogen-bond acceptors (Lipinski definition) is 4. The van der Waals surface area contributed by atoms with E-state index in [1.807, 2.05) is 31.2 Å². The highest BCUT2D eigenvalue weighted by Crippen LogP contribution is 2.23. The summed E-state index contributed by atoms with van der Waals surface area (Å²) in [5.41, 5.74) is 2.53. The molecular formula is C15H19N3O. The lowest BCUT2D eigenvalue weighted by molar-refractivity contribution is 0.231. The first-order chi connectivity index (χ1) is 9.11. The Labute approximate surface area is 113 Å². The van der Waals surface area contributed by atoms with E-state index in [-0.39, 0.29) is 12.5 Å². The third-order valence-electron chi connectivity index (χ3n) is 3.13. The van der Waals surface area contributed by atoms with Crippen molar-refractivity contribution in [2.75, 3.05) is 6.61 Å². The number of pyridine rings is 1. The molecule has 0 spiro atoms. The average molecular weight is 257 g/mol. The van der Waals surface area contributed by atoms with Crippen LogP contribution in [0.25, 0.3) is 11.4 Å². The van der Waals surface area contributed by atoms with Crippen molar-refractivity contribution in [3.63, 3.8) is 0 Å². The van der Waals surface area contributed by atoms with Gasteiger partial charge in [-0.15, -0.1) is 0 Å². The molecule has 100 valence electrons. The van der Waals surface area contributed by atoms with E-state index in [1.165, 1.54) is 0 Å². The third kappa shape index (κ3) is 3.15. The molecule has 1 N–H and O–H groups in total. The SMILES string of the molecule is Cc1cc(-c2ccccn2)nc(C(CO)C(C)C)n1. The minimum atomic E-state index is -0.0395. The van der Waals surface area contributed by atoms with Gasteiger partial charge >= 0.3 is 0 Å². The van der Waals surface area contributed by atoms with Gasteiger partial charge < -0.3 is 5.11 Å². The van der Waals surface area contributed by atoms with Crippen LogP contribution in [-0.4, -0.2) is 26.7 Å². The van der Waals surface area contributed by atoms with E-state index in [9.17, 15) is 5.11 Å². The van der Waals surface area contributed by atoms with Gasteiger partial charge in [0.25, 0.3) is 0 Å². The first-order valence-corrected chi connectivity index (χ1v) is 6.49. The van der Waals surface area contributed by atoms with Crippen molar-refractivity contribution in [3.05, 3.63) is 42.0 Å². The fourth-order valence-electron chi connectivity index (χ4n) is 1.99. The standard InChI is InChI=1S/C15H19N3O/c1-10(2)12(9-19)15-17-11(3)8-14(18-15)13-6-4-5-7-16-13/h4-8,10,12,19H,9H2,1-3H3. The lowest BCUT2D eigenvalue weighted by Gasteiger charge is -2.17. The minimum absolute atomic E-state index is 0.0395. The first kappa shape index (κ1) is 13.6. The van der Waals surface area contributed by atoms with Gasteiger partial charge in [-0.2, -0.15) is 0 Å². The van der Waals surface area contributed by atoms with Crippen molar-refractivity contribution >= 4 is 0 Å². The van der Waals surface area contributed by atoms with Gasteiger partial charge in [0.1, 0.15) is 5.82 Å². The molecule has 4 heteroatoms. The summed E-state index contributed by atoms with van der Waals surface area (Å²) in [5.74, 6) is 0.948. The van der Waals surface area contributed by atoms with Crippen molar-refractivity contribution in [2.24, 2.45) is 5.92 Å². The Morgan fingerprint density at radius 3 is 2.53 bits per heavy atom. The number of nitrogens with zero attached hydrogens (tertiary/aromatic N) is 3. The van der Waals surface area contributed by atoms with E-state index in [0.29, 0.717) is 11.7 Å². The van der Waals surface area contributed by atoms with Crippen molar-refractivity contribution in [1.29, 1.82) is 0 Å². The summed E-state index contributed by atoms with van der Waals surface area (Å²) >= 11 is 0. The van der Waals surface area contributed by atoms with Gasteiger partial charge in [-0.05, 0) is 31.0 Å². The second kappa shape index (κ2) is 5.89. The molecule has 2 aromatic rings. The molecule has 0 aromatic carbocycles. The van der Waals surface area contributed by atoms with E-state index >= 15 is 0 Å². The van der Waals surface area contributed by atoms with Crippen LogP contribution in [0.5, 0.6) is 0 Å². The molecule has 1 atom stereocenters. The largest absolute Gasteiger partial charge is 0.396 e. The van der Waals surface area contributed by atoms with Crippen LogP contribution in [0, 0.1) is 12.8 Å². The predicted octanol–water partition coefficient (Wildman–Crippen LogP) is 2.58. The molecule has 0 saturated heterocycles. The third-order valence-corrected chi connectivity index (χ3v) is 3.13. The molecule has 4 nitrogen and oxygen atoms in total. The summed E-state index contributed by atoms with van der Waals surface area (Å²) in [5, 5.41) is 9.51. The molecule has 1 unspecified atom stereocenters. The molecule has 0 aliphatic heterocycles. The van der Waals surface area contributed by atoms with Crippen molar-refractivity contribution in [3.8, 4) is 11.4 Å². The smallest absolute Gasteiger partial charge is 0.134 e. The quantitative estimate of drug-likeness (QED) is 0.914. The van der Waals surface area contributed by atoms with Crippen molar-refractivity contribution in [1.82, 2.24) is 15.0 Å². The fourth-order valence-corrected chi connectivity index (χ4v) is 1.99. The lowest BCUT2D eigenvalue weighted by Crippen LogP contribution is -2.15. The molecule has 2 rings (SSSR count). The highest BCUT2D eigenvalue weighted by molar-refractivity contribution is 5.53. The van der Waals surface area contributed by atoms with Gasteiger partial charge in [0.15, 0.2) is 0 Å². The first-order valence-electron chi connectivity index (χ1n) is 6.49. The van der Waals surface area contributed by atoms with Crippen LogP contribution in [0.2, 0.25) is 0 Å². The van der Waals surface area contributed by atoms with Gasteiger partial charge in [0, 0.05) is 17.8 Å². The summed E-state index contributed by atoms with van der Waals surface area (Å²) in [6.45, 7) is 6.12. The summed E-state index contributed by atoms with van der Waals surface area (Å²) < 4.78 is 0. The number of aliphatic hydroxyl groups is 1. The molecule has 2 heterocycles. The lowest BCUT2D eigenvalue weighted by atomic mass is 9.95. The van der Waals surface area contributed by atoms with Crippen LogP contribution >= 0.6 is 0 Å².